The van der Waals surface area contributed by atoms with E-state index in [-0.39, 0.29) is 5.41 Å². The fourth-order valence-corrected chi connectivity index (χ4v) is 3.61. The van der Waals surface area contributed by atoms with Gasteiger partial charge in [-0.25, -0.2) is 15.0 Å². The Balaban J connectivity index is 1.57. The van der Waals surface area contributed by atoms with E-state index in [1.807, 2.05) is 48.5 Å². The Hall–Kier alpha value is -3.53. The van der Waals surface area contributed by atoms with Crippen LogP contribution in [0, 0.1) is 0 Å². The molecule has 5 rings (SSSR count). The van der Waals surface area contributed by atoms with E-state index < -0.39 is 0 Å². The quantitative estimate of drug-likeness (QED) is 0.359. The van der Waals surface area contributed by atoms with Crippen LogP contribution in [0.25, 0.3) is 33.3 Å². The molecule has 0 aliphatic carbocycles. The highest BCUT2D eigenvalue weighted by Gasteiger charge is 2.20. The van der Waals surface area contributed by atoms with Crippen molar-refractivity contribution in [3.63, 3.8) is 0 Å². The average molecular weight is 393 g/mol. The molecule has 0 aliphatic heterocycles. The van der Waals surface area contributed by atoms with E-state index in [2.05, 4.69) is 45.0 Å². The van der Waals surface area contributed by atoms with E-state index in [4.69, 9.17) is 19.4 Å². The zero-order chi connectivity index (χ0) is 20.7. The van der Waals surface area contributed by atoms with Gasteiger partial charge in [-0.15, -0.1) is 0 Å². The molecule has 0 spiro atoms. The SMILES string of the molecule is CC(C)(C)c1nc(Cc2ccc3c(c2)oc2ccccc23)nc(-c2ccccc2)n1. The summed E-state index contributed by atoms with van der Waals surface area (Å²) in [4.78, 5) is 14.3. The van der Waals surface area contributed by atoms with Gasteiger partial charge in [0.1, 0.15) is 22.8 Å². The van der Waals surface area contributed by atoms with Gasteiger partial charge in [-0.3, -0.25) is 0 Å². The molecule has 0 bridgehead atoms. The van der Waals surface area contributed by atoms with Crippen LogP contribution in [0.4, 0.5) is 0 Å². The van der Waals surface area contributed by atoms with Crippen molar-refractivity contribution in [2.75, 3.05) is 0 Å². The highest BCUT2D eigenvalue weighted by Crippen LogP contribution is 2.30. The molecule has 4 nitrogen and oxygen atoms in total. The maximum Gasteiger partial charge on any atom is 0.163 e. The number of benzene rings is 3. The predicted molar refractivity (Wildman–Crippen MR) is 120 cm³/mol. The normalized spacial score (nSPS) is 12.0. The molecule has 0 atom stereocenters. The zero-order valence-electron chi connectivity index (χ0n) is 17.4. The van der Waals surface area contributed by atoms with Crippen molar-refractivity contribution in [1.82, 2.24) is 15.0 Å². The van der Waals surface area contributed by atoms with Crippen LogP contribution in [-0.2, 0) is 11.8 Å². The Labute approximate surface area is 175 Å². The molecule has 0 radical (unpaired) electrons. The lowest BCUT2D eigenvalue weighted by molar-refractivity contribution is 0.538. The third kappa shape index (κ3) is 3.45. The Bertz CT molecular complexity index is 1350. The van der Waals surface area contributed by atoms with Gasteiger partial charge in [-0.05, 0) is 17.7 Å². The number of para-hydroxylation sites is 1. The molecule has 0 saturated heterocycles. The van der Waals surface area contributed by atoms with Gasteiger partial charge in [0.2, 0.25) is 0 Å². The first-order chi connectivity index (χ1) is 14.5. The molecule has 0 fully saturated rings. The lowest BCUT2D eigenvalue weighted by Crippen LogP contribution is -2.19. The molecule has 0 aliphatic rings. The number of hydrogen-bond donors (Lipinski definition) is 0. The minimum absolute atomic E-state index is 0.163. The van der Waals surface area contributed by atoms with E-state index in [1.165, 1.54) is 0 Å². The average Bonchev–Trinajstić information content (AvgIpc) is 3.11. The van der Waals surface area contributed by atoms with Gasteiger partial charge >= 0.3 is 0 Å². The molecule has 0 N–H and O–H groups in total. The number of furan rings is 1. The highest BCUT2D eigenvalue weighted by molar-refractivity contribution is 6.04. The summed E-state index contributed by atoms with van der Waals surface area (Å²) >= 11 is 0. The van der Waals surface area contributed by atoms with Crippen LogP contribution in [-0.4, -0.2) is 15.0 Å². The van der Waals surface area contributed by atoms with Crippen LogP contribution in [0.15, 0.2) is 77.2 Å². The standard InChI is InChI=1S/C26H23N3O/c1-26(2,3)25-28-23(27-24(29-25)18-9-5-4-6-10-18)16-17-13-14-20-19-11-7-8-12-21(19)30-22(20)15-17/h4-15H,16H2,1-3H3. The molecule has 2 aromatic heterocycles. The second kappa shape index (κ2) is 7.06. The number of fused-ring (bicyclic) bond motifs is 3. The fraction of sp³-hybridized carbons (Fsp3) is 0.192. The Kier molecular flexibility index (Phi) is 4.35. The maximum absolute atomic E-state index is 6.05. The Morgan fingerprint density at radius 2 is 1.47 bits per heavy atom. The summed E-state index contributed by atoms with van der Waals surface area (Å²) in [5, 5.41) is 2.27. The number of hydrogen-bond acceptors (Lipinski definition) is 4. The molecule has 2 heterocycles. The highest BCUT2D eigenvalue weighted by atomic mass is 16.3. The minimum Gasteiger partial charge on any atom is -0.456 e. The number of nitrogens with zero attached hydrogens (tertiary/aromatic N) is 3. The van der Waals surface area contributed by atoms with Crippen molar-refractivity contribution in [3.05, 3.63) is 90.0 Å². The third-order valence-corrected chi connectivity index (χ3v) is 5.19. The van der Waals surface area contributed by atoms with Crippen LogP contribution < -0.4 is 0 Å². The monoisotopic (exact) mass is 393 g/mol. The fourth-order valence-electron chi connectivity index (χ4n) is 3.61. The van der Waals surface area contributed by atoms with Crippen molar-refractivity contribution >= 4 is 21.9 Å². The van der Waals surface area contributed by atoms with Crippen molar-refractivity contribution in [3.8, 4) is 11.4 Å². The summed E-state index contributed by atoms with van der Waals surface area (Å²) in [7, 11) is 0. The number of aromatic nitrogens is 3. The second-order valence-electron chi connectivity index (χ2n) is 8.62. The minimum atomic E-state index is -0.163. The summed E-state index contributed by atoms with van der Waals surface area (Å²) in [6.45, 7) is 6.38. The van der Waals surface area contributed by atoms with E-state index in [9.17, 15) is 0 Å². The summed E-state index contributed by atoms with van der Waals surface area (Å²) in [6.07, 6.45) is 0.623. The van der Waals surface area contributed by atoms with Crippen LogP contribution >= 0.6 is 0 Å². The molecule has 4 heteroatoms. The molecule has 3 aromatic carbocycles. The zero-order valence-corrected chi connectivity index (χ0v) is 17.4. The van der Waals surface area contributed by atoms with Gasteiger partial charge in [-0.1, -0.05) is 81.4 Å². The van der Waals surface area contributed by atoms with Crippen LogP contribution in [0.1, 0.15) is 38.0 Å². The molecule has 0 amide bonds. The Morgan fingerprint density at radius 1 is 0.733 bits per heavy atom. The largest absolute Gasteiger partial charge is 0.456 e. The van der Waals surface area contributed by atoms with Crippen molar-refractivity contribution in [2.24, 2.45) is 0 Å². The molecule has 30 heavy (non-hydrogen) atoms. The van der Waals surface area contributed by atoms with Crippen molar-refractivity contribution in [1.29, 1.82) is 0 Å². The summed E-state index contributed by atoms with van der Waals surface area (Å²) in [5.41, 5.74) is 3.75. The topological polar surface area (TPSA) is 51.8 Å². The number of rotatable bonds is 3. The predicted octanol–water partition coefficient (Wildman–Crippen LogP) is 6.33. The summed E-state index contributed by atoms with van der Waals surface area (Å²) in [5.74, 6) is 2.29. The van der Waals surface area contributed by atoms with Crippen molar-refractivity contribution < 1.29 is 4.42 Å². The molecule has 0 saturated carbocycles. The first kappa shape index (κ1) is 18.5. The first-order valence-corrected chi connectivity index (χ1v) is 10.2. The van der Waals surface area contributed by atoms with Gasteiger partial charge in [0, 0.05) is 28.2 Å². The summed E-state index contributed by atoms with van der Waals surface area (Å²) in [6, 6.07) is 24.6. The van der Waals surface area contributed by atoms with Gasteiger partial charge in [0.25, 0.3) is 0 Å². The lowest BCUT2D eigenvalue weighted by Gasteiger charge is -2.18. The van der Waals surface area contributed by atoms with E-state index >= 15 is 0 Å². The maximum atomic E-state index is 6.05. The lowest BCUT2D eigenvalue weighted by atomic mass is 9.95. The smallest absolute Gasteiger partial charge is 0.163 e. The Morgan fingerprint density at radius 3 is 2.27 bits per heavy atom. The third-order valence-electron chi connectivity index (χ3n) is 5.19. The van der Waals surface area contributed by atoms with Gasteiger partial charge in [-0.2, -0.15) is 0 Å². The van der Waals surface area contributed by atoms with Crippen molar-refractivity contribution in [2.45, 2.75) is 32.6 Å². The van der Waals surface area contributed by atoms with E-state index in [1.54, 1.807) is 0 Å². The molecular formula is C26H23N3O. The van der Waals surface area contributed by atoms with Crippen LogP contribution in [0.2, 0.25) is 0 Å². The molecule has 5 aromatic rings. The molecular weight excluding hydrogens is 370 g/mol. The summed E-state index contributed by atoms with van der Waals surface area (Å²) < 4.78 is 6.05. The van der Waals surface area contributed by atoms with E-state index in [0.29, 0.717) is 6.42 Å². The van der Waals surface area contributed by atoms with Gasteiger partial charge < -0.3 is 4.42 Å². The van der Waals surface area contributed by atoms with E-state index in [0.717, 1.165) is 50.5 Å². The van der Waals surface area contributed by atoms with Gasteiger partial charge in [0.05, 0.1) is 0 Å². The molecule has 0 unspecified atom stereocenters. The van der Waals surface area contributed by atoms with Crippen LogP contribution in [0.5, 0.6) is 0 Å². The van der Waals surface area contributed by atoms with Crippen LogP contribution in [0.3, 0.4) is 0 Å². The first-order valence-electron chi connectivity index (χ1n) is 10.2. The van der Waals surface area contributed by atoms with Gasteiger partial charge in [0.15, 0.2) is 5.82 Å². The second-order valence-corrected chi connectivity index (χ2v) is 8.62. The molecule has 148 valence electrons.